The first-order chi connectivity index (χ1) is 15.9. The molecule has 0 saturated carbocycles. The van der Waals surface area contributed by atoms with Crippen LogP contribution in [0.15, 0.2) is 48.5 Å². The number of carboxylic acids is 1. The normalized spacial score (nSPS) is 14.7. The molecule has 0 heterocycles. The molecule has 8 heteroatoms. The van der Waals surface area contributed by atoms with Crippen molar-refractivity contribution in [3.05, 3.63) is 59.7 Å². The molecule has 8 nitrogen and oxygen atoms in total. The predicted octanol–water partition coefficient (Wildman–Crippen LogP) is 2.52. The molecule has 172 valence electrons. The smallest absolute Gasteiger partial charge is 0.407 e. The summed E-state index contributed by atoms with van der Waals surface area (Å²) >= 11 is 0. The van der Waals surface area contributed by atoms with Gasteiger partial charge in [-0.3, -0.25) is 4.79 Å². The van der Waals surface area contributed by atoms with E-state index in [0.717, 1.165) is 22.3 Å². The van der Waals surface area contributed by atoms with Crippen molar-refractivity contribution >= 4 is 18.0 Å². The van der Waals surface area contributed by atoms with E-state index in [1.165, 1.54) is 7.11 Å². The lowest BCUT2D eigenvalue weighted by atomic mass is 9.98. The third-order valence-electron chi connectivity index (χ3n) is 5.68. The van der Waals surface area contributed by atoms with Crippen LogP contribution < -0.4 is 10.6 Å². The number of amides is 2. The number of hydrogen-bond acceptors (Lipinski definition) is 5. The number of methoxy groups -OCH3 is 1. The summed E-state index contributed by atoms with van der Waals surface area (Å²) in [6, 6.07) is 13.4. The number of alkyl carbamates (subject to hydrolysis) is 1. The molecule has 0 spiro atoms. The lowest BCUT2D eigenvalue weighted by Gasteiger charge is -2.25. The maximum absolute atomic E-state index is 12.7. The van der Waals surface area contributed by atoms with Gasteiger partial charge in [0.25, 0.3) is 0 Å². The first-order valence-corrected chi connectivity index (χ1v) is 10.5. The number of ether oxygens (including phenoxy) is 2. The molecule has 2 aromatic rings. The van der Waals surface area contributed by atoms with Crippen LogP contribution in [0.5, 0.6) is 0 Å². The molecule has 1 aliphatic carbocycles. The minimum Gasteiger partial charge on any atom is -0.480 e. The molecule has 33 heavy (non-hydrogen) atoms. The van der Waals surface area contributed by atoms with Crippen LogP contribution in [-0.4, -0.2) is 55.0 Å². The number of aliphatic carboxylic acids is 1. The molecule has 2 amide bonds. The van der Waals surface area contributed by atoms with Crippen LogP contribution in [0.1, 0.15) is 30.4 Å². The lowest BCUT2D eigenvalue weighted by Crippen LogP contribution is -2.56. The topological polar surface area (TPSA) is 114 Å². The quantitative estimate of drug-likeness (QED) is 0.506. The van der Waals surface area contributed by atoms with E-state index in [4.69, 9.17) is 15.9 Å². The van der Waals surface area contributed by atoms with Crippen LogP contribution in [0.25, 0.3) is 11.1 Å². The average molecular weight is 450 g/mol. The van der Waals surface area contributed by atoms with Crippen LogP contribution in [-0.2, 0) is 19.1 Å². The van der Waals surface area contributed by atoms with Gasteiger partial charge in [-0.05, 0) is 29.2 Å². The zero-order chi connectivity index (χ0) is 24.0. The van der Waals surface area contributed by atoms with Crippen LogP contribution in [0, 0.1) is 12.3 Å². The third-order valence-corrected chi connectivity index (χ3v) is 5.68. The van der Waals surface area contributed by atoms with Crippen LogP contribution in [0.4, 0.5) is 4.79 Å². The molecule has 3 N–H and O–H groups in total. The summed E-state index contributed by atoms with van der Waals surface area (Å²) in [4.78, 5) is 36.6. The summed E-state index contributed by atoms with van der Waals surface area (Å²) in [6.45, 7) is 1.65. The van der Waals surface area contributed by atoms with E-state index in [1.54, 1.807) is 6.92 Å². The molecule has 2 aromatic carbocycles. The van der Waals surface area contributed by atoms with Gasteiger partial charge in [-0.25, -0.2) is 9.59 Å². The van der Waals surface area contributed by atoms with Crippen molar-refractivity contribution in [1.82, 2.24) is 10.6 Å². The number of carbonyl (C=O) groups excluding carboxylic acids is 2. The van der Waals surface area contributed by atoms with Crippen LogP contribution in [0.2, 0.25) is 0 Å². The highest BCUT2D eigenvalue weighted by molar-refractivity contribution is 5.90. The van der Waals surface area contributed by atoms with Gasteiger partial charge in [0.2, 0.25) is 5.91 Å². The van der Waals surface area contributed by atoms with E-state index < -0.39 is 36.2 Å². The van der Waals surface area contributed by atoms with Crippen molar-refractivity contribution in [3.63, 3.8) is 0 Å². The van der Waals surface area contributed by atoms with Gasteiger partial charge in [-0.1, -0.05) is 48.5 Å². The van der Waals surface area contributed by atoms with Crippen molar-refractivity contribution in [3.8, 4) is 23.5 Å². The summed E-state index contributed by atoms with van der Waals surface area (Å²) in [5, 5.41) is 14.0. The van der Waals surface area contributed by atoms with E-state index in [9.17, 15) is 19.5 Å². The predicted molar refractivity (Wildman–Crippen MR) is 121 cm³/mol. The van der Waals surface area contributed by atoms with E-state index in [0.29, 0.717) is 0 Å². The highest BCUT2D eigenvalue weighted by Gasteiger charge is 2.32. The number of nitrogens with one attached hydrogen (secondary N) is 2. The van der Waals surface area contributed by atoms with Gasteiger partial charge >= 0.3 is 12.1 Å². The second-order valence-electron chi connectivity index (χ2n) is 7.70. The molecule has 3 atom stereocenters. The molecule has 0 aromatic heterocycles. The maximum atomic E-state index is 12.7. The second-order valence-corrected chi connectivity index (χ2v) is 7.70. The number of fused-ring (bicyclic) bond motifs is 3. The zero-order valence-electron chi connectivity index (χ0n) is 18.4. The molecule has 3 rings (SSSR count). The maximum Gasteiger partial charge on any atom is 0.407 e. The third kappa shape index (κ3) is 5.33. The molecular weight excluding hydrogens is 424 g/mol. The minimum atomic E-state index is -1.28. The van der Waals surface area contributed by atoms with Crippen LogP contribution >= 0.6 is 0 Å². The second kappa shape index (κ2) is 10.7. The van der Waals surface area contributed by atoms with Gasteiger partial charge in [0, 0.05) is 19.4 Å². The van der Waals surface area contributed by atoms with Gasteiger partial charge < -0.3 is 25.2 Å². The van der Waals surface area contributed by atoms with Gasteiger partial charge in [0.15, 0.2) is 0 Å². The van der Waals surface area contributed by atoms with Crippen LogP contribution in [0.3, 0.4) is 0 Å². The Morgan fingerprint density at radius 2 is 1.64 bits per heavy atom. The molecule has 0 aliphatic heterocycles. The summed E-state index contributed by atoms with van der Waals surface area (Å²) in [6.07, 6.45) is 3.42. The number of terminal acetylenes is 1. The van der Waals surface area contributed by atoms with Crippen molar-refractivity contribution in [2.24, 2.45) is 0 Å². The van der Waals surface area contributed by atoms with E-state index in [1.807, 2.05) is 48.5 Å². The fraction of sp³-hybridized carbons (Fsp3) is 0.320. The van der Waals surface area contributed by atoms with Gasteiger partial charge in [0.1, 0.15) is 18.7 Å². The highest BCUT2D eigenvalue weighted by Crippen LogP contribution is 2.44. The first kappa shape index (κ1) is 23.8. The molecule has 0 saturated heterocycles. The molecule has 1 aliphatic rings. The van der Waals surface area contributed by atoms with Gasteiger partial charge in [-0.15, -0.1) is 12.3 Å². The number of rotatable bonds is 9. The molecule has 0 bridgehead atoms. The van der Waals surface area contributed by atoms with Crippen molar-refractivity contribution in [2.45, 2.75) is 37.5 Å². The fourth-order valence-electron chi connectivity index (χ4n) is 3.88. The Morgan fingerprint density at radius 3 is 2.15 bits per heavy atom. The fourth-order valence-corrected chi connectivity index (χ4v) is 3.88. The largest absolute Gasteiger partial charge is 0.480 e. The molecule has 1 unspecified atom stereocenters. The molecule has 0 radical (unpaired) electrons. The SMILES string of the molecule is C#CCC(NC(=O)[C@@H](NC(=O)OCC1c2ccccc2-c2ccccc21)[C@@H](C)OC)C(=O)O. The summed E-state index contributed by atoms with van der Waals surface area (Å²) in [7, 11) is 1.38. The standard InChI is InChI=1S/C25H26N2O6/c1-4-9-21(24(29)30)26-23(28)22(15(2)32-3)27-25(31)33-14-20-18-12-7-5-10-16(18)17-11-6-8-13-19(17)20/h1,5-8,10-13,15,20-22H,9,14H2,2-3H3,(H,26,28)(H,27,31)(H,29,30)/t15-,21?,22+/m1/s1. The average Bonchev–Trinajstić information content (AvgIpc) is 3.14. The molecule has 0 fully saturated rings. The van der Waals surface area contributed by atoms with E-state index >= 15 is 0 Å². The Hall–Kier alpha value is -3.83. The Bertz CT molecular complexity index is 1030. The molecular formula is C25H26N2O6. The number of carbonyl (C=O) groups is 3. The Balaban J connectivity index is 1.68. The summed E-state index contributed by atoms with van der Waals surface area (Å²) < 4.78 is 10.7. The Morgan fingerprint density at radius 1 is 1.06 bits per heavy atom. The van der Waals surface area contributed by atoms with Gasteiger partial charge in [-0.2, -0.15) is 0 Å². The number of hydrogen-bond donors (Lipinski definition) is 3. The van der Waals surface area contributed by atoms with Crippen molar-refractivity contribution < 1.29 is 29.0 Å². The zero-order valence-corrected chi connectivity index (χ0v) is 18.4. The summed E-state index contributed by atoms with van der Waals surface area (Å²) in [5.41, 5.74) is 4.32. The van der Waals surface area contributed by atoms with Gasteiger partial charge in [0.05, 0.1) is 6.10 Å². The van der Waals surface area contributed by atoms with Crippen molar-refractivity contribution in [1.29, 1.82) is 0 Å². The van der Waals surface area contributed by atoms with E-state index in [-0.39, 0.29) is 18.9 Å². The Kier molecular flexibility index (Phi) is 7.70. The Labute approximate surface area is 192 Å². The minimum absolute atomic E-state index is 0.0738. The monoisotopic (exact) mass is 450 g/mol. The van der Waals surface area contributed by atoms with E-state index in [2.05, 4.69) is 16.6 Å². The summed E-state index contributed by atoms with van der Waals surface area (Å²) in [5.74, 6) is 0.0620. The first-order valence-electron chi connectivity index (χ1n) is 10.5. The number of carboxylic acid groups (broad SMARTS) is 1. The number of benzene rings is 2. The lowest BCUT2D eigenvalue weighted by molar-refractivity contribution is -0.142. The van der Waals surface area contributed by atoms with Crippen molar-refractivity contribution in [2.75, 3.05) is 13.7 Å². The highest BCUT2D eigenvalue weighted by atomic mass is 16.5.